The van der Waals surface area contributed by atoms with E-state index in [2.05, 4.69) is 14.7 Å². The first kappa shape index (κ1) is 24.6. The normalized spacial score (nSPS) is 11.4. The molecule has 0 atom stereocenters. The zero-order chi connectivity index (χ0) is 24.9. The van der Waals surface area contributed by atoms with E-state index < -0.39 is 29.8 Å². The second kappa shape index (κ2) is 10.8. The molecule has 0 saturated heterocycles. The van der Waals surface area contributed by atoms with Gasteiger partial charge in [-0.1, -0.05) is 37.3 Å². The number of halogens is 5. The van der Waals surface area contributed by atoms with Gasteiger partial charge in [0.2, 0.25) is 0 Å². The van der Waals surface area contributed by atoms with Crippen LogP contribution in [0.1, 0.15) is 35.0 Å². The number of fused-ring (bicyclic) bond motifs is 1. The van der Waals surface area contributed by atoms with Crippen molar-refractivity contribution in [2.24, 2.45) is 0 Å². The topological polar surface area (TPSA) is 35.0 Å². The molecule has 0 fully saturated rings. The van der Waals surface area contributed by atoms with E-state index in [0.717, 1.165) is 40.9 Å². The van der Waals surface area contributed by atoms with Crippen LogP contribution in [0, 0.1) is 17.5 Å². The van der Waals surface area contributed by atoms with Crippen molar-refractivity contribution in [2.45, 2.75) is 45.6 Å². The second-order valence-corrected chi connectivity index (χ2v) is 8.22. The molecule has 4 rings (SSSR count). The molecule has 8 heteroatoms. The summed E-state index contributed by atoms with van der Waals surface area (Å²) in [6.07, 6.45) is 6.23. The third-order valence-electron chi connectivity index (χ3n) is 5.85. The first-order valence-corrected chi connectivity index (χ1v) is 11.3. The summed E-state index contributed by atoms with van der Waals surface area (Å²) in [4.78, 5) is 8.74. The Bertz CT molecular complexity index is 1300. The van der Waals surface area contributed by atoms with Crippen LogP contribution in [0.2, 0.25) is 0 Å². The molecule has 0 radical (unpaired) electrons. The Balaban J connectivity index is 1.44. The summed E-state index contributed by atoms with van der Waals surface area (Å²) in [5, 5.41) is 1.20. The molecule has 0 aliphatic heterocycles. The van der Waals surface area contributed by atoms with Gasteiger partial charge in [0.15, 0.2) is 17.4 Å². The van der Waals surface area contributed by atoms with E-state index in [1.807, 2.05) is 37.5 Å². The molecule has 0 spiro atoms. The molecule has 35 heavy (non-hydrogen) atoms. The molecule has 0 aliphatic carbocycles. The predicted molar refractivity (Wildman–Crippen MR) is 123 cm³/mol. The van der Waals surface area contributed by atoms with Crippen molar-refractivity contribution in [1.29, 1.82) is 0 Å². The number of hydrogen-bond acceptors (Lipinski definition) is 3. The van der Waals surface area contributed by atoms with E-state index >= 15 is 4.39 Å². The molecule has 3 nitrogen and oxygen atoms in total. The maximum absolute atomic E-state index is 15.1. The van der Waals surface area contributed by atoms with Crippen LogP contribution < -0.4 is 4.74 Å². The quantitative estimate of drug-likeness (QED) is 0.245. The van der Waals surface area contributed by atoms with E-state index in [0.29, 0.717) is 23.8 Å². The largest absolute Gasteiger partial charge is 0.429 e. The fraction of sp³-hybridized carbons (Fsp3) is 0.259. The van der Waals surface area contributed by atoms with Crippen LogP contribution in [0.4, 0.5) is 22.0 Å². The van der Waals surface area contributed by atoms with Crippen LogP contribution in [0.5, 0.6) is 5.75 Å². The second-order valence-electron chi connectivity index (χ2n) is 8.22. The molecule has 0 bridgehead atoms. The number of aromatic nitrogens is 2. The van der Waals surface area contributed by atoms with Crippen LogP contribution in [0.15, 0.2) is 54.9 Å². The maximum Gasteiger partial charge on any atom is 0.387 e. The average Bonchev–Trinajstić information content (AvgIpc) is 2.84. The summed E-state index contributed by atoms with van der Waals surface area (Å²) >= 11 is 0. The van der Waals surface area contributed by atoms with Crippen molar-refractivity contribution in [3.63, 3.8) is 0 Å². The van der Waals surface area contributed by atoms with Crippen LogP contribution in [-0.2, 0) is 32.1 Å². The highest BCUT2D eigenvalue weighted by molar-refractivity contribution is 5.84. The maximum atomic E-state index is 15.1. The Morgan fingerprint density at radius 3 is 2.11 bits per heavy atom. The van der Waals surface area contributed by atoms with E-state index in [1.54, 1.807) is 12.1 Å². The Morgan fingerprint density at radius 2 is 1.46 bits per heavy atom. The third-order valence-corrected chi connectivity index (χ3v) is 5.85. The van der Waals surface area contributed by atoms with Crippen molar-refractivity contribution in [1.82, 2.24) is 9.97 Å². The fourth-order valence-electron chi connectivity index (χ4n) is 3.92. The van der Waals surface area contributed by atoms with Crippen molar-refractivity contribution in [2.75, 3.05) is 0 Å². The lowest BCUT2D eigenvalue weighted by Gasteiger charge is -2.11. The highest BCUT2D eigenvalue weighted by Crippen LogP contribution is 2.27. The number of nitrogens with zero attached hydrogens (tertiary/aromatic N) is 2. The van der Waals surface area contributed by atoms with E-state index in [-0.39, 0.29) is 18.4 Å². The molecule has 0 amide bonds. The molecule has 182 valence electrons. The van der Waals surface area contributed by atoms with Crippen molar-refractivity contribution >= 4 is 10.8 Å². The summed E-state index contributed by atoms with van der Waals surface area (Å²) in [6.45, 7) is -1.29. The third kappa shape index (κ3) is 5.93. The summed E-state index contributed by atoms with van der Waals surface area (Å²) in [6, 6.07) is 10.8. The van der Waals surface area contributed by atoms with Crippen molar-refractivity contribution in [3.05, 3.63) is 100 Å². The molecule has 0 saturated carbocycles. The standard InChI is InChI=1S/C27H23F5N2O/c1-2-16-14-33-24(34-15-16)10-5-17-4-9-21-20(11-17)8-7-19(25(21)30)6-3-18-12-22(28)26(23(29)13-18)35-27(31)32/h4,7-9,11-15,27H,2-3,5-6,10H2,1H3. The van der Waals surface area contributed by atoms with Gasteiger partial charge < -0.3 is 4.74 Å². The van der Waals surface area contributed by atoms with Gasteiger partial charge in [0.1, 0.15) is 11.6 Å². The zero-order valence-electron chi connectivity index (χ0n) is 19.0. The van der Waals surface area contributed by atoms with Crippen LogP contribution in [-0.4, -0.2) is 16.6 Å². The number of hydrogen-bond donors (Lipinski definition) is 0. The molecule has 1 heterocycles. The molecule has 3 aromatic carbocycles. The van der Waals surface area contributed by atoms with Gasteiger partial charge in [-0.2, -0.15) is 8.78 Å². The van der Waals surface area contributed by atoms with Crippen molar-refractivity contribution in [3.8, 4) is 5.75 Å². The van der Waals surface area contributed by atoms with Gasteiger partial charge in [-0.05, 0) is 65.5 Å². The number of benzene rings is 3. The number of aryl methyl sites for hydroxylation is 5. The lowest BCUT2D eigenvalue weighted by Crippen LogP contribution is -2.06. The Labute approximate surface area is 199 Å². The highest BCUT2D eigenvalue weighted by Gasteiger charge is 2.17. The molecule has 4 aromatic rings. The molecule has 0 aliphatic rings. The smallest absolute Gasteiger partial charge is 0.387 e. The van der Waals surface area contributed by atoms with Gasteiger partial charge in [-0.25, -0.2) is 23.1 Å². The summed E-state index contributed by atoms with van der Waals surface area (Å²) < 4.78 is 71.5. The van der Waals surface area contributed by atoms with Gasteiger partial charge >= 0.3 is 6.61 Å². The summed E-state index contributed by atoms with van der Waals surface area (Å²) in [5.74, 6) is -3.21. The lowest BCUT2D eigenvalue weighted by molar-refractivity contribution is -0.0546. The van der Waals surface area contributed by atoms with Gasteiger partial charge in [0.05, 0.1) is 0 Å². The monoisotopic (exact) mass is 486 g/mol. The van der Waals surface area contributed by atoms with Gasteiger partial charge in [0, 0.05) is 24.2 Å². The van der Waals surface area contributed by atoms with Crippen LogP contribution in [0.25, 0.3) is 10.8 Å². The average molecular weight is 486 g/mol. The number of alkyl halides is 2. The van der Waals surface area contributed by atoms with E-state index in [9.17, 15) is 17.6 Å². The number of ether oxygens (including phenoxy) is 1. The molecular formula is C27H23F5N2O. The van der Waals surface area contributed by atoms with Gasteiger partial charge in [-0.15, -0.1) is 0 Å². The minimum Gasteiger partial charge on any atom is -0.429 e. The molecular weight excluding hydrogens is 463 g/mol. The molecule has 1 aromatic heterocycles. The first-order chi connectivity index (χ1) is 16.8. The van der Waals surface area contributed by atoms with Crippen LogP contribution in [0.3, 0.4) is 0 Å². The first-order valence-electron chi connectivity index (χ1n) is 11.3. The van der Waals surface area contributed by atoms with Gasteiger partial charge in [0.25, 0.3) is 0 Å². The molecule has 0 N–H and O–H groups in total. The SMILES string of the molecule is CCc1cnc(CCc2ccc3c(F)c(CCc4cc(F)c(OC(F)F)c(F)c4)ccc3c2)nc1. The van der Waals surface area contributed by atoms with E-state index in [4.69, 9.17) is 0 Å². The number of rotatable bonds is 9. The zero-order valence-corrected chi connectivity index (χ0v) is 19.0. The van der Waals surface area contributed by atoms with Gasteiger partial charge in [-0.3, -0.25) is 0 Å². The highest BCUT2D eigenvalue weighted by atomic mass is 19.3. The molecule has 0 unspecified atom stereocenters. The van der Waals surface area contributed by atoms with Crippen molar-refractivity contribution < 1.29 is 26.7 Å². The Morgan fingerprint density at radius 1 is 0.771 bits per heavy atom. The fourth-order valence-corrected chi connectivity index (χ4v) is 3.92. The van der Waals surface area contributed by atoms with Crippen LogP contribution >= 0.6 is 0 Å². The lowest BCUT2D eigenvalue weighted by atomic mass is 9.98. The summed E-state index contributed by atoms with van der Waals surface area (Å²) in [5.41, 5.74) is 2.72. The Hall–Kier alpha value is -3.55. The Kier molecular flexibility index (Phi) is 7.58. The van der Waals surface area contributed by atoms with E-state index in [1.165, 1.54) is 0 Å². The minimum atomic E-state index is -3.34. The predicted octanol–water partition coefficient (Wildman–Crippen LogP) is 6.78. The summed E-state index contributed by atoms with van der Waals surface area (Å²) in [7, 11) is 0. The minimum absolute atomic E-state index is 0.125.